The summed E-state index contributed by atoms with van der Waals surface area (Å²) in [6, 6.07) is 9.52. The molecule has 2 aromatic rings. The summed E-state index contributed by atoms with van der Waals surface area (Å²) in [4.78, 5) is 17.0. The molecule has 1 N–H and O–H groups in total. The van der Waals surface area contributed by atoms with Crippen LogP contribution in [0.15, 0.2) is 34.7 Å². The lowest BCUT2D eigenvalue weighted by molar-refractivity contribution is -0.135. The normalized spacial score (nSPS) is 15.3. The number of amides is 1. The molecule has 1 aliphatic rings. The molecule has 6 heteroatoms. The molecule has 0 bridgehead atoms. The highest BCUT2D eigenvalue weighted by Crippen LogP contribution is 2.27. The van der Waals surface area contributed by atoms with E-state index in [1.165, 1.54) is 32.1 Å². The molecule has 0 radical (unpaired) electrons. The molecule has 24 heavy (non-hydrogen) atoms. The van der Waals surface area contributed by atoms with Crippen molar-refractivity contribution < 1.29 is 14.0 Å². The monoisotopic (exact) mass is 329 g/mol. The molecule has 6 nitrogen and oxygen atoms in total. The van der Waals surface area contributed by atoms with Gasteiger partial charge in [0.2, 0.25) is 17.7 Å². The molecule has 1 amide bonds. The first-order valence-corrected chi connectivity index (χ1v) is 8.59. The number of benzene rings is 1. The Hall–Kier alpha value is -2.21. The van der Waals surface area contributed by atoms with Crippen molar-refractivity contribution in [3.63, 3.8) is 0 Å². The number of hydrogen-bond acceptors (Lipinski definition) is 5. The van der Waals surface area contributed by atoms with Crippen molar-refractivity contribution in [2.45, 2.75) is 51.6 Å². The second kappa shape index (κ2) is 8.59. The standard InChI is InChI=1S/C18H23N3O3/c22-16(12-11-14-7-3-1-4-8-14)21-23-13-17-19-20-18(24-17)15-9-5-2-6-10-15/h2,5-6,9-10,14H,1,3-4,7-8,11-13H2,(H,21,22). The minimum absolute atomic E-state index is 0.0645. The molecule has 1 aromatic heterocycles. The summed E-state index contributed by atoms with van der Waals surface area (Å²) in [5.74, 6) is 1.37. The van der Waals surface area contributed by atoms with E-state index in [2.05, 4.69) is 15.7 Å². The summed E-state index contributed by atoms with van der Waals surface area (Å²) in [5, 5.41) is 7.89. The lowest BCUT2D eigenvalue weighted by Gasteiger charge is -2.20. The van der Waals surface area contributed by atoms with Gasteiger partial charge >= 0.3 is 0 Å². The van der Waals surface area contributed by atoms with Gasteiger partial charge in [0, 0.05) is 12.0 Å². The van der Waals surface area contributed by atoms with Crippen LogP contribution in [-0.4, -0.2) is 16.1 Å². The first kappa shape index (κ1) is 16.6. The minimum atomic E-state index is -0.0941. The molecular formula is C18H23N3O3. The van der Waals surface area contributed by atoms with Crippen molar-refractivity contribution in [2.24, 2.45) is 5.92 Å². The summed E-state index contributed by atoms with van der Waals surface area (Å²) in [5.41, 5.74) is 3.31. The highest BCUT2D eigenvalue weighted by atomic mass is 16.7. The average molecular weight is 329 g/mol. The van der Waals surface area contributed by atoms with Gasteiger partial charge in [0.15, 0.2) is 6.61 Å². The Morgan fingerprint density at radius 3 is 2.75 bits per heavy atom. The highest BCUT2D eigenvalue weighted by molar-refractivity contribution is 5.74. The molecule has 1 aromatic carbocycles. The third-order valence-corrected chi connectivity index (χ3v) is 4.37. The van der Waals surface area contributed by atoms with Crippen molar-refractivity contribution >= 4 is 5.91 Å². The second-order valence-corrected chi connectivity index (χ2v) is 6.22. The van der Waals surface area contributed by atoms with E-state index < -0.39 is 0 Å². The molecule has 1 fully saturated rings. The Bertz CT molecular complexity index is 636. The van der Waals surface area contributed by atoms with Crippen molar-refractivity contribution in [1.29, 1.82) is 0 Å². The van der Waals surface area contributed by atoms with Crippen LogP contribution >= 0.6 is 0 Å². The zero-order valence-electron chi connectivity index (χ0n) is 13.7. The van der Waals surface area contributed by atoms with E-state index in [9.17, 15) is 4.79 Å². The molecule has 3 rings (SSSR count). The fraction of sp³-hybridized carbons (Fsp3) is 0.500. The summed E-state index contributed by atoms with van der Waals surface area (Å²) in [6.45, 7) is 0.0645. The quantitative estimate of drug-likeness (QED) is 0.785. The number of carbonyl (C=O) groups is 1. The van der Waals surface area contributed by atoms with Crippen molar-refractivity contribution in [2.75, 3.05) is 0 Å². The van der Waals surface area contributed by atoms with Crippen LogP contribution in [0, 0.1) is 5.92 Å². The predicted molar refractivity (Wildman–Crippen MR) is 88.5 cm³/mol. The maximum absolute atomic E-state index is 11.8. The van der Waals surface area contributed by atoms with Crippen LogP contribution in [-0.2, 0) is 16.2 Å². The smallest absolute Gasteiger partial charge is 0.247 e. The van der Waals surface area contributed by atoms with Crippen LogP contribution in [0.2, 0.25) is 0 Å². The van der Waals surface area contributed by atoms with Crippen LogP contribution in [0.4, 0.5) is 0 Å². The first-order valence-electron chi connectivity index (χ1n) is 8.59. The maximum atomic E-state index is 11.8. The molecule has 0 spiro atoms. The molecule has 0 atom stereocenters. The maximum Gasteiger partial charge on any atom is 0.247 e. The molecular weight excluding hydrogens is 306 g/mol. The van der Waals surface area contributed by atoms with Gasteiger partial charge in [-0.05, 0) is 24.5 Å². The van der Waals surface area contributed by atoms with Gasteiger partial charge < -0.3 is 4.42 Å². The number of aromatic nitrogens is 2. The molecule has 0 aliphatic heterocycles. The van der Waals surface area contributed by atoms with Crippen LogP contribution in [0.5, 0.6) is 0 Å². The van der Waals surface area contributed by atoms with Gasteiger partial charge in [-0.2, -0.15) is 0 Å². The van der Waals surface area contributed by atoms with Gasteiger partial charge in [0.05, 0.1) is 0 Å². The first-order chi connectivity index (χ1) is 11.8. The minimum Gasteiger partial charge on any atom is -0.418 e. The fourth-order valence-electron chi connectivity index (χ4n) is 3.05. The summed E-state index contributed by atoms with van der Waals surface area (Å²) < 4.78 is 5.51. The van der Waals surface area contributed by atoms with E-state index in [4.69, 9.17) is 9.25 Å². The van der Waals surface area contributed by atoms with E-state index in [0.29, 0.717) is 24.1 Å². The van der Waals surface area contributed by atoms with Crippen LogP contribution < -0.4 is 5.48 Å². The summed E-state index contributed by atoms with van der Waals surface area (Å²) in [7, 11) is 0. The van der Waals surface area contributed by atoms with Gasteiger partial charge in [0.25, 0.3) is 0 Å². The van der Waals surface area contributed by atoms with Crippen LogP contribution in [0.25, 0.3) is 11.5 Å². The topological polar surface area (TPSA) is 77.2 Å². The van der Waals surface area contributed by atoms with Crippen molar-refractivity contribution in [3.8, 4) is 11.5 Å². The molecule has 128 valence electrons. The zero-order chi connectivity index (χ0) is 16.6. The molecule has 0 unspecified atom stereocenters. The van der Waals surface area contributed by atoms with Gasteiger partial charge in [-0.15, -0.1) is 10.2 Å². The summed E-state index contributed by atoms with van der Waals surface area (Å²) in [6.07, 6.45) is 7.86. The van der Waals surface area contributed by atoms with Gasteiger partial charge in [-0.25, -0.2) is 5.48 Å². The van der Waals surface area contributed by atoms with Crippen molar-refractivity contribution in [3.05, 3.63) is 36.2 Å². The Labute approximate surface area is 141 Å². The van der Waals surface area contributed by atoms with E-state index in [1.807, 2.05) is 30.3 Å². The number of rotatable bonds is 7. The molecule has 0 saturated heterocycles. The number of hydrogen-bond donors (Lipinski definition) is 1. The molecule has 1 heterocycles. The number of hydroxylamine groups is 1. The average Bonchev–Trinajstić information content (AvgIpc) is 3.11. The van der Waals surface area contributed by atoms with Crippen molar-refractivity contribution in [1.82, 2.24) is 15.7 Å². The number of carbonyl (C=O) groups excluding carboxylic acids is 1. The van der Waals surface area contributed by atoms with E-state index in [1.54, 1.807) is 0 Å². The predicted octanol–water partition coefficient (Wildman–Crippen LogP) is 3.64. The number of nitrogens with zero attached hydrogens (tertiary/aromatic N) is 2. The van der Waals surface area contributed by atoms with Gasteiger partial charge in [-0.1, -0.05) is 50.3 Å². The molecule has 1 saturated carbocycles. The SMILES string of the molecule is O=C(CCC1CCCCC1)NOCc1nnc(-c2ccccc2)o1. The van der Waals surface area contributed by atoms with Gasteiger partial charge in [0.1, 0.15) is 0 Å². The largest absolute Gasteiger partial charge is 0.418 e. The third-order valence-electron chi connectivity index (χ3n) is 4.37. The Morgan fingerprint density at radius 2 is 1.96 bits per heavy atom. The highest BCUT2D eigenvalue weighted by Gasteiger charge is 2.15. The third kappa shape index (κ3) is 4.89. The Morgan fingerprint density at radius 1 is 1.17 bits per heavy atom. The molecule has 1 aliphatic carbocycles. The Balaban J connectivity index is 1.37. The Kier molecular flexibility index (Phi) is 5.96. The second-order valence-electron chi connectivity index (χ2n) is 6.22. The lowest BCUT2D eigenvalue weighted by atomic mass is 9.86. The van der Waals surface area contributed by atoms with Gasteiger partial charge in [-0.3, -0.25) is 9.63 Å². The fourth-order valence-corrected chi connectivity index (χ4v) is 3.05. The summed E-state index contributed by atoms with van der Waals surface area (Å²) >= 11 is 0. The van der Waals surface area contributed by atoms with E-state index in [0.717, 1.165) is 12.0 Å². The number of nitrogens with one attached hydrogen (secondary N) is 1. The zero-order valence-corrected chi connectivity index (χ0v) is 13.7. The van der Waals surface area contributed by atoms with E-state index in [-0.39, 0.29) is 12.5 Å². The lowest BCUT2D eigenvalue weighted by Crippen LogP contribution is -2.24. The van der Waals surface area contributed by atoms with Crippen LogP contribution in [0.3, 0.4) is 0 Å². The van der Waals surface area contributed by atoms with Crippen LogP contribution in [0.1, 0.15) is 50.8 Å². The van der Waals surface area contributed by atoms with E-state index >= 15 is 0 Å².